The van der Waals surface area contributed by atoms with E-state index in [1.165, 1.54) is 12.7 Å². The smallest absolute Gasteiger partial charge is 0.220 e. The van der Waals surface area contributed by atoms with E-state index in [0.717, 1.165) is 16.3 Å². The summed E-state index contributed by atoms with van der Waals surface area (Å²) in [5.41, 5.74) is 2.05. The third kappa shape index (κ3) is 6.42. The van der Waals surface area contributed by atoms with E-state index >= 15 is 0 Å². The Morgan fingerprint density at radius 2 is 1.84 bits per heavy atom. The Bertz CT molecular complexity index is 1760. The summed E-state index contributed by atoms with van der Waals surface area (Å²) in [4.78, 5) is 26.3. The van der Waals surface area contributed by atoms with Crippen molar-refractivity contribution in [3.8, 4) is 5.75 Å². The van der Waals surface area contributed by atoms with Gasteiger partial charge in [-0.3, -0.25) is 9.36 Å². The van der Waals surface area contributed by atoms with Gasteiger partial charge in [0.05, 0.1) is 19.5 Å². The maximum absolute atomic E-state index is 12.9. The molecule has 0 saturated carbocycles. The topological polar surface area (TPSA) is 144 Å². The predicted molar refractivity (Wildman–Crippen MR) is 167 cm³/mol. The first-order chi connectivity index (χ1) is 21.4. The highest BCUT2D eigenvalue weighted by molar-refractivity contribution is 6.34. The zero-order valence-electron chi connectivity index (χ0n) is 23.4. The fourth-order valence-electron chi connectivity index (χ4n) is 5.38. The van der Waals surface area contributed by atoms with Gasteiger partial charge in [0.1, 0.15) is 30.3 Å². The molecule has 13 heteroatoms. The lowest BCUT2D eigenvalue weighted by atomic mass is 10.0. The van der Waals surface area contributed by atoms with Crippen molar-refractivity contribution in [3.05, 3.63) is 88.9 Å². The largest absolute Gasteiger partial charge is 0.493 e. The number of carbonyl (C=O) groups excluding carboxylic acids is 1. The molecular weight excluding hydrogens is 607 g/mol. The first-order valence-electron chi connectivity index (χ1n) is 14.1. The zero-order chi connectivity index (χ0) is 30.6. The predicted octanol–water partition coefficient (Wildman–Crippen LogP) is 4.49. The number of nitrogens with zero attached hydrogens (tertiary/aromatic N) is 4. The van der Waals surface area contributed by atoms with Crippen LogP contribution in [0.2, 0.25) is 10.0 Å². The Kier molecular flexibility index (Phi) is 9.10. The molecule has 228 valence electrons. The van der Waals surface area contributed by atoms with Crippen molar-refractivity contribution >= 4 is 56.9 Å². The number of hydrogen-bond donors (Lipinski definition) is 4. The molecule has 11 nitrogen and oxygen atoms in total. The van der Waals surface area contributed by atoms with Crippen molar-refractivity contribution in [2.75, 3.05) is 18.5 Å². The highest BCUT2D eigenvalue weighted by Gasteiger charge is 2.45. The number of anilines is 1. The number of aliphatic hydroxyl groups excluding tert-OH is 2. The molecule has 1 saturated heterocycles. The fraction of sp³-hybridized carbons (Fsp3) is 0.290. The van der Waals surface area contributed by atoms with Crippen LogP contribution in [0.1, 0.15) is 24.6 Å². The number of ether oxygens (including phenoxy) is 2. The van der Waals surface area contributed by atoms with E-state index in [4.69, 9.17) is 32.7 Å². The van der Waals surface area contributed by atoms with Gasteiger partial charge in [0.25, 0.3) is 0 Å². The van der Waals surface area contributed by atoms with Crippen molar-refractivity contribution in [2.45, 2.75) is 43.9 Å². The number of fused-ring (bicyclic) bond motifs is 2. The number of hydrogen-bond acceptors (Lipinski definition) is 9. The summed E-state index contributed by atoms with van der Waals surface area (Å²) in [6, 6.07) is 18.3. The van der Waals surface area contributed by atoms with E-state index in [0.29, 0.717) is 45.7 Å². The number of rotatable bonds is 11. The Hall–Kier alpha value is -4.00. The van der Waals surface area contributed by atoms with Crippen molar-refractivity contribution in [2.24, 2.45) is 0 Å². The Morgan fingerprint density at radius 3 is 2.66 bits per heavy atom. The monoisotopic (exact) mass is 636 g/mol. The molecule has 6 rings (SSSR count). The maximum atomic E-state index is 12.9. The molecule has 0 spiro atoms. The zero-order valence-corrected chi connectivity index (χ0v) is 24.9. The molecule has 3 heterocycles. The summed E-state index contributed by atoms with van der Waals surface area (Å²) in [5.74, 6) is 0.722. The van der Waals surface area contributed by atoms with E-state index < -0.39 is 31.1 Å². The van der Waals surface area contributed by atoms with E-state index in [2.05, 4.69) is 49.9 Å². The molecule has 5 aromatic rings. The molecule has 2 aromatic heterocycles. The van der Waals surface area contributed by atoms with Gasteiger partial charge in [-0.05, 0) is 41.0 Å². The molecule has 4 atom stereocenters. The third-order valence-corrected chi connectivity index (χ3v) is 7.93. The van der Waals surface area contributed by atoms with Crippen molar-refractivity contribution in [1.29, 1.82) is 0 Å². The average molecular weight is 638 g/mol. The van der Waals surface area contributed by atoms with Crippen LogP contribution in [0, 0.1) is 0 Å². The summed E-state index contributed by atoms with van der Waals surface area (Å²) in [6.45, 7) is 0.339. The van der Waals surface area contributed by atoms with Gasteiger partial charge < -0.3 is 30.3 Å². The maximum Gasteiger partial charge on any atom is 0.220 e. The summed E-state index contributed by atoms with van der Waals surface area (Å²) in [6.07, 6.45) is 0.530. The van der Waals surface area contributed by atoms with Crippen LogP contribution in [-0.4, -0.2) is 67.1 Å². The number of amides is 1. The lowest BCUT2D eigenvalue weighted by Gasteiger charge is -2.23. The Morgan fingerprint density at radius 1 is 1.05 bits per heavy atom. The van der Waals surface area contributed by atoms with E-state index in [-0.39, 0.29) is 18.9 Å². The Labute approximate surface area is 262 Å². The van der Waals surface area contributed by atoms with Crippen molar-refractivity contribution in [3.63, 3.8) is 0 Å². The number of aromatic nitrogens is 4. The number of benzene rings is 3. The molecule has 4 N–H and O–H groups in total. The summed E-state index contributed by atoms with van der Waals surface area (Å²) in [5, 5.41) is 30.2. The summed E-state index contributed by atoms with van der Waals surface area (Å²) < 4.78 is 13.3. The second kappa shape index (κ2) is 13.3. The molecule has 44 heavy (non-hydrogen) atoms. The van der Waals surface area contributed by atoms with Crippen molar-refractivity contribution < 1.29 is 24.5 Å². The van der Waals surface area contributed by atoms with Gasteiger partial charge in [-0.25, -0.2) is 15.0 Å². The van der Waals surface area contributed by atoms with Crippen LogP contribution in [0.3, 0.4) is 0 Å². The summed E-state index contributed by atoms with van der Waals surface area (Å²) in [7, 11) is 0. The number of aliphatic hydroxyl groups is 2. The lowest BCUT2D eigenvalue weighted by Crippen LogP contribution is -2.46. The minimum absolute atomic E-state index is 0.128. The van der Waals surface area contributed by atoms with Gasteiger partial charge >= 0.3 is 0 Å². The SMILES string of the molecule is O=C(CCCOc1cc(Cl)cc(Cl)c1)N[C@@H]1[C@H](O)[C@@H](CO)O[C@H]1n1cnc2c(NCc3cccc4ccccc34)ncnc21. The van der Waals surface area contributed by atoms with Crippen LogP contribution in [0.25, 0.3) is 21.9 Å². The fourth-order valence-corrected chi connectivity index (χ4v) is 5.88. The number of nitrogens with one attached hydrogen (secondary N) is 2. The second-order valence-corrected chi connectivity index (χ2v) is 11.3. The molecule has 1 amide bonds. The molecular formula is C31H30Cl2N6O5. The van der Waals surface area contributed by atoms with Crippen LogP contribution in [0.15, 0.2) is 73.3 Å². The van der Waals surface area contributed by atoms with Crippen LogP contribution in [-0.2, 0) is 16.1 Å². The van der Waals surface area contributed by atoms with E-state index in [1.807, 2.05) is 18.2 Å². The molecule has 0 aliphatic carbocycles. The Balaban J connectivity index is 1.14. The quantitative estimate of drug-likeness (QED) is 0.154. The van der Waals surface area contributed by atoms with Crippen LogP contribution < -0.4 is 15.4 Å². The first-order valence-corrected chi connectivity index (χ1v) is 14.9. The molecule has 1 fully saturated rings. The lowest BCUT2D eigenvalue weighted by molar-refractivity contribution is -0.123. The van der Waals surface area contributed by atoms with Crippen LogP contribution in [0.4, 0.5) is 5.82 Å². The summed E-state index contributed by atoms with van der Waals surface area (Å²) >= 11 is 12.0. The highest BCUT2D eigenvalue weighted by atomic mass is 35.5. The standard InChI is InChI=1S/C31H30Cl2N6O5/c32-20-11-21(33)13-22(12-20)43-10-4-9-25(41)38-26-28(42)24(15-40)44-31(26)39-17-37-27-29(35-16-36-30(27)39)34-14-19-7-3-6-18-5-1-2-8-23(18)19/h1-3,5-8,11-13,16-17,24,26,28,31,40,42H,4,9-10,14-15H2,(H,38,41)(H,34,35,36)/t24-,26-,28-,31-/m1/s1. The highest BCUT2D eigenvalue weighted by Crippen LogP contribution is 2.33. The van der Waals surface area contributed by atoms with E-state index in [1.54, 1.807) is 22.8 Å². The average Bonchev–Trinajstić information content (AvgIpc) is 3.58. The number of halogens is 2. The number of imidazole rings is 1. The normalized spacial score (nSPS) is 19.8. The van der Waals surface area contributed by atoms with Crippen LogP contribution in [0.5, 0.6) is 5.75 Å². The van der Waals surface area contributed by atoms with Crippen molar-refractivity contribution in [1.82, 2.24) is 24.8 Å². The van der Waals surface area contributed by atoms with Gasteiger partial charge in [0.15, 0.2) is 23.2 Å². The first kappa shape index (κ1) is 30.0. The minimum atomic E-state index is -1.16. The molecule has 1 aliphatic rings. The van der Waals surface area contributed by atoms with E-state index in [9.17, 15) is 15.0 Å². The molecule has 0 bridgehead atoms. The van der Waals surface area contributed by atoms with Gasteiger partial charge in [-0.2, -0.15) is 0 Å². The third-order valence-electron chi connectivity index (χ3n) is 7.49. The second-order valence-electron chi connectivity index (χ2n) is 10.4. The van der Waals surface area contributed by atoms with Gasteiger partial charge in [-0.1, -0.05) is 65.7 Å². The van der Waals surface area contributed by atoms with Gasteiger partial charge in [0, 0.05) is 23.0 Å². The molecule has 1 aliphatic heterocycles. The molecule has 0 unspecified atom stereocenters. The van der Waals surface area contributed by atoms with Gasteiger partial charge in [0.2, 0.25) is 5.91 Å². The van der Waals surface area contributed by atoms with Gasteiger partial charge in [-0.15, -0.1) is 0 Å². The molecule has 0 radical (unpaired) electrons. The van der Waals surface area contributed by atoms with Crippen LogP contribution >= 0.6 is 23.2 Å². The minimum Gasteiger partial charge on any atom is -0.493 e. The molecule has 3 aromatic carbocycles. The number of carbonyl (C=O) groups is 1.